The van der Waals surface area contributed by atoms with Crippen molar-refractivity contribution in [3.05, 3.63) is 34.9 Å². The second-order valence-corrected chi connectivity index (χ2v) is 6.32. The molecule has 0 spiro atoms. The molecule has 3 nitrogen and oxygen atoms in total. The predicted octanol–water partition coefficient (Wildman–Crippen LogP) is 4.31. The van der Waals surface area contributed by atoms with Crippen LogP contribution in [0, 0.1) is 11.8 Å². The number of halogens is 1. The van der Waals surface area contributed by atoms with Crippen molar-refractivity contribution in [3.63, 3.8) is 0 Å². The Balaban J connectivity index is 2.21. The van der Waals surface area contributed by atoms with E-state index in [2.05, 4.69) is 18.7 Å². The first kappa shape index (κ1) is 15.9. The third kappa shape index (κ3) is 4.01. The monoisotopic (exact) mass is 307 g/mol. The second-order valence-electron chi connectivity index (χ2n) is 5.92. The molecule has 1 saturated heterocycles. The lowest BCUT2D eigenvalue weighted by Gasteiger charge is -2.36. The average Bonchev–Trinajstić information content (AvgIpc) is 2.45. The number of carbonyl (C=O) groups is 1. The summed E-state index contributed by atoms with van der Waals surface area (Å²) in [6.07, 6.45) is 5.10. The summed E-state index contributed by atoms with van der Waals surface area (Å²) in [5.41, 5.74) is 1.83. The number of aliphatic carboxylic acids is 1. The number of hydrogen-bond donors (Lipinski definition) is 1. The minimum absolute atomic E-state index is 0.686. The number of anilines is 1. The van der Waals surface area contributed by atoms with E-state index < -0.39 is 5.97 Å². The molecule has 0 saturated carbocycles. The van der Waals surface area contributed by atoms with Crippen LogP contribution in [0.1, 0.15) is 32.3 Å². The van der Waals surface area contributed by atoms with E-state index in [0.717, 1.165) is 49.2 Å². The summed E-state index contributed by atoms with van der Waals surface area (Å²) in [4.78, 5) is 13.0. The maximum atomic E-state index is 10.7. The van der Waals surface area contributed by atoms with Gasteiger partial charge in [0.05, 0.1) is 10.7 Å². The van der Waals surface area contributed by atoms with Crippen LogP contribution < -0.4 is 4.90 Å². The topological polar surface area (TPSA) is 40.5 Å². The summed E-state index contributed by atoms with van der Waals surface area (Å²) < 4.78 is 0. The molecule has 1 aromatic rings. The summed E-state index contributed by atoms with van der Waals surface area (Å²) in [7, 11) is 0. The second kappa shape index (κ2) is 6.99. The quantitative estimate of drug-likeness (QED) is 0.843. The van der Waals surface area contributed by atoms with Gasteiger partial charge in [-0.15, -0.1) is 0 Å². The Morgan fingerprint density at radius 3 is 2.62 bits per heavy atom. The lowest BCUT2D eigenvalue weighted by molar-refractivity contribution is -0.131. The Kier molecular flexibility index (Phi) is 5.29. The normalized spacial score (nSPS) is 16.9. The molecule has 0 aromatic heterocycles. The van der Waals surface area contributed by atoms with Gasteiger partial charge in [-0.1, -0.05) is 37.6 Å². The van der Waals surface area contributed by atoms with Crippen LogP contribution >= 0.6 is 11.6 Å². The summed E-state index contributed by atoms with van der Waals surface area (Å²) in [5, 5.41) is 9.49. The molecule has 21 heavy (non-hydrogen) atoms. The van der Waals surface area contributed by atoms with E-state index in [-0.39, 0.29) is 0 Å². The molecule has 0 unspecified atom stereocenters. The zero-order chi connectivity index (χ0) is 15.4. The molecule has 1 aromatic carbocycles. The van der Waals surface area contributed by atoms with Crippen molar-refractivity contribution in [1.29, 1.82) is 0 Å². The van der Waals surface area contributed by atoms with Crippen LogP contribution in [-0.2, 0) is 4.79 Å². The van der Waals surface area contributed by atoms with E-state index in [4.69, 9.17) is 16.7 Å². The van der Waals surface area contributed by atoms with Gasteiger partial charge in [0.2, 0.25) is 0 Å². The molecule has 0 atom stereocenters. The molecule has 1 aliphatic heterocycles. The fourth-order valence-electron chi connectivity index (χ4n) is 2.95. The average molecular weight is 308 g/mol. The third-order valence-corrected chi connectivity index (χ3v) is 4.53. The molecular formula is C17H22ClNO2. The number of carboxylic acids is 1. The van der Waals surface area contributed by atoms with Crippen LogP contribution in [0.15, 0.2) is 24.3 Å². The number of hydrogen-bond acceptors (Lipinski definition) is 2. The number of carboxylic acid groups (broad SMARTS) is 1. The SMILES string of the molecule is CC(C)C1CCN(c2c(Cl)cccc2/C=C/C(=O)O)CC1. The number of rotatable bonds is 4. The lowest BCUT2D eigenvalue weighted by Crippen LogP contribution is -2.35. The third-order valence-electron chi connectivity index (χ3n) is 4.22. The molecule has 4 heteroatoms. The van der Waals surface area contributed by atoms with Gasteiger partial charge in [0.25, 0.3) is 0 Å². The molecule has 1 heterocycles. The highest BCUT2D eigenvalue weighted by atomic mass is 35.5. The van der Waals surface area contributed by atoms with Crippen molar-refractivity contribution >= 4 is 29.3 Å². The van der Waals surface area contributed by atoms with Crippen molar-refractivity contribution in [2.45, 2.75) is 26.7 Å². The van der Waals surface area contributed by atoms with Gasteiger partial charge in [0, 0.05) is 19.2 Å². The van der Waals surface area contributed by atoms with E-state index in [1.807, 2.05) is 18.2 Å². The molecular weight excluding hydrogens is 286 g/mol. The lowest BCUT2D eigenvalue weighted by atomic mass is 9.86. The summed E-state index contributed by atoms with van der Waals surface area (Å²) >= 11 is 6.35. The smallest absolute Gasteiger partial charge is 0.328 e. The van der Waals surface area contributed by atoms with E-state index in [1.165, 1.54) is 0 Å². The number of benzene rings is 1. The van der Waals surface area contributed by atoms with Crippen LogP contribution in [0.4, 0.5) is 5.69 Å². The molecule has 114 valence electrons. The van der Waals surface area contributed by atoms with Crippen molar-refractivity contribution in [1.82, 2.24) is 0 Å². The van der Waals surface area contributed by atoms with Crippen molar-refractivity contribution < 1.29 is 9.90 Å². The van der Waals surface area contributed by atoms with Gasteiger partial charge in [-0.25, -0.2) is 4.79 Å². The fourth-order valence-corrected chi connectivity index (χ4v) is 3.25. The van der Waals surface area contributed by atoms with Gasteiger partial charge >= 0.3 is 5.97 Å². The molecule has 1 N–H and O–H groups in total. The van der Waals surface area contributed by atoms with Crippen LogP contribution in [0.25, 0.3) is 6.08 Å². The molecule has 0 bridgehead atoms. The summed E-state index contributed by atoms with van der Waals surface area (Å²) in [6, 6.07) is 5.63. The van der Waals surface area contributed by atoms with E-state index in [0.29, 0.717) is 10.9 Å². The van der Waals surface area contributed by atoms with Crippen LogP contribution in [0.3, 0.4) is 0 Å². The first-order valence-electron chi connectivity index (χ1n) is 7.43. The van der Waals surface area contributed by atoms with Crippen molar-refractivity contribution in [2.24, 2.45) is 11.8 Å². The highest BCUT2D eigenvalue weighted by Gasteiger charge is 2.23. The van der Waals surface area contributed by atoms with Crippen LogP contribution in [-0.4, -0.2) is 24.2 Å². The molecule has 0 radical (unpaired) electrons. The van der Waals surface area contributed by atoms with E-state index >= 15 is 0 Å². The first-order valence-corrected chi connectivity index (χ1v) is 7.81. The van der Waals surface area contributed by atoms with E-state index in [9.17, 15) is 4.79 Å². The van der Waals surface area contributed by atoms with Gasteiger partial charge < -0.3 is 10.0 Å². The van der Waals surface area contributed by atoms with Gasteiger partial charge in [-0.2, -0.15) is 0 Å². The van der Waals surface area contributed by atoms with Gasteiger partial charge in [-0.05, 0) is 42.4 Å². The minimum atomic E-state index is -0.945. The minimum Gasteiger partial charge on any atom is -0.478 e. The van der Waals surface area contributed by atoms with Gasteiger partial charge in [0.15, 0.2) is 0 Å². The highest BCUT2D eigenvalue weighted by Crippen LogP contribution is 2.35. The predicted molar refractivity (Wildman–Crippen MR) is 87.9 cm³/mol. The molecule has 1 aliphatic rings. The largest absolute Gasteiger partial charge is 0.478 e. The number of piperidine rings is 1. The zero-order valence-electron chi connectivity index (χ0n) is 12.6. The van der Waals surface area contributed by atoms with Crippen molar-refractivity contribution in [3.8, 4) is 0 Å². The highest BCUT2D eigenvalue weighted by molar-refractivity contribution is 6.33. The first-order chi connectivity index (χ1) is 9.99. The Labute approximate surface area is 131 Å². The molecule has 2 rings (SSSR count). The Hall–Kier alpha value is -1.48. The molecule has 1 fully saturated rings. The standard InChI is InChI=1S/C17H22ClNO2/c1-12(2)13-8-10-19(11-9-13)17-14(6-7-16(20)21)4-3-5-15(17)18/h3-7,12-13H,8-11H2,1-2H3,(H,20,21)/b7-6+. The molecule has 0 amide bonds. The maximum absolute atomic E-state index is 10.7. The van der Waals surface area contributed by atoms with Crippen LogP contribution in [0.2, 0.25) is 5.02 Å². The maximum Gasteiger partial charge on any atom is 0.328 e. The van der Waals surface area contributed by atoms with Crippen molar-refractivity contribution in [2.75, 3.05) is 18.0 Å². The Bertz CT molecular complexity index is 532. The zero-order valence-corrected chi connectivity index (χ0v) is 13.3. The van der Waals surface area contributed by atoms with Gasteiger partial charge in [0.1, 0.15) is 0 Å². The van der Waals surface area contributed by atoms with Gasteiger partial charge in [-0.3, -0.25) is 0 Å². The summed E-state index contributed by atoms with van der Waals surface area (Å²) in [5.74, 6) is 0.533. The Morgan fingerprint density at radius 1 is 1.38 bits per heavy atom. The van der Waals surface area contributed by atoms with E-state index in [1.54, 1.807) is 6.08 Å². The number of para-hydroxylation sites is 1. The molecule has 0 aliphatic carbocycles. The fraction of sp³-hybridized carbons (Fsp3) is 0.471. The summed E-state index contributed by atoms with van der Waals surface area (Å²) in [6.45, 7) is 6.49. The Morgan fingerprint density at radius 2 is 2.05 bits per heavy atom. The van der Waals surface area contributed by atoms with Crippen LogP contribution in [0.5, 0.6) is 0 Å². The number of nitrogens with zero attached hydrogens (tertiary/aromatic N) is 1.